The maximum atomic E-state index is 11.3. The van der Waals surface area contributed by atoms with Crippen LogP contribution in [0.4, 0.5) is 10.5 Å². The van der Waals surface area contributed by atoms with E-state index in [4.69, 9.17) is 9.31 Å². The lowest BCUT2D eigenvalue weighted by Gasteiger charge is -2.32. The van der Waals surface area contributed by atoms with Crippen molar-refractivity contribution in [2.24, 2.45) is 0 Å². The first kappa shape index (κ1) is 14.8. The monoisotopic (exact) mass is 277 g/mol. The number of carbonyl (C=O) groups is 1. The standard InChI is InChI=1S/C13H20BN3O3/c1-12(2)13(3,4)20-14(19-12)10-8-9(6-7-16-10)17-11(18)15-5/h6-8H,1-5H3,(H2,15,16,17,18). The number of hydrogen-bond donors (Lipinski definition) is 2. The molecule has 108 valence electrons. The molecule has 1 aromatic rings. The lowest BCUT2D eigenvalue weighted by molar-refractivity contribution is 0.00578. The molecule has 0 bridgehead atoms. The van der Waals surface area contributed by atoms with Crippen molar-refractivity contribution >= 4 is 24.4 Å². The van der Waals surface area contributed by atoms with Gasteiger partial charge in [-0.2, -0.15) is 0 Å². The fraction of sp³-hybridized carbons (Fsp3) is 0.538. The van der Waals surface area contributed by atoms with Crippen molar-refractivity contribution in [3.63, 3.8) is 0 Å². The molecule has 0 aromatic carbocycles. The van der Waals surface area contributed by atoms with Crippen LogP contribution in [-0.4, -0.2) is 36.4 Å². The smallest absolute Gasteiger partial charge is 0.398 e. The fourth-order valence-corrected chi connectivity index (χ4v) is 1.81. The Balaban J connectivity index is 2.19. The van der Waals surface area contributed by atoms with Crippen LogP contribution in [0.3, 0.4) is 0 Å². The molecule has 1 saturated heterocycles. The Morgan fingerprint density at radius 3 is 2.40 bits per heavy atom. The van der Waals surface area contributed by atoms with E-state index in [0.717, 1.165) is 0 Å². The Kier molecular flexibility index (Phi) is 3.75. The molecule has 0 atom stereocenters. The molecule has 1 aliphatic rings. The van der Waals surface area contributed by atoms with Crippen molar-refractivity contribution in [1.82, 2.24) is 10.3 Å². The van der Waals surface area contributed by atoms with Gasteiger partial charge in [0.05, 0.1) is 16.8 Å². The van der Waals surface area contributed by atoms with Crippen LogP contribution in [0.25, 0.3) is 0 Å². The van der Waals surface area contributed by atoms with Crippen LogP contribution in [0.15, 0.2) is 18.3 Å². The lowest BCUT2D eigenvalue weighted by Crippen LogP contribution is -2.41. The number of pyridine rings is 1. The predicted octanol–water partition coefficient (Wildman–Crippen LogP) is 1.13. The molecule has 6 nitrogen and oxygen atoms in total. The van der Waals surface area contributed by atoms with Crippen molar-refractivity contribution in [3.05, 3.63) is 18.3 Å². The second kappa shape index (κ2) is 5.07. The van der Waals surface area contributed by atoms with Gasteiger partial charge in [0.15, 0.2) is 0 Å². The van der Waals surface area contributed by atoms with Gasteiger partial charge in [-0.05, 0) is 39.8 Å². The van der Waals surface area contributed by atoms with E-state index in [0.29, 0.717) is 11.3 Å². The third-order valence-electron chi connectivity index (χ3n) is 3.76. The second-order valence-electron chi connectivity index (χ2n) is 5.76. The molecule has 1 fully saturated rings. The summed E-state index contributed by atoms with van der Waals surface area (Å²) in [5, 5.41) is 5.19. The lowest BCUT2D eigenvalue weighted by atomic mass is 9.84. The summed E-state index contributed by atoms with van der Waals surface area (Å²) in [6.45, 7) is 7.94. The number of rotatable bonds is 2. The van der Waals surface area contributed by atoms with E-state index in [9.17, 15) is 4.79 Å². The van der Waals surface area contributed by atoms with Crippen molar-refractivity contribution in [2.45, 2.75) is 38.9 Å². The van der Waals surface area contributed by atoms with Crippen LogP contribution in [0.2, 0.25) is 0 Å². The molecule has 20 heavy (non-hydrogen) atoms. The molecule has 0 radical (unpaired) electrons. The molecular formula is C13H20BN3O3. The summed E-state index contributed by atoms with van der Waals surface area (Å²) in [6.07, 6.45) is 1.62. The van der Waals surface area contributed by atoms with E-state index < -0.39 is 18.3 Å². The van der Waals surface area contributed by atoms with Crippen LogP contribution < -0.4 is 16.2 Å². The largest absolute Gasteiger partial charge is 0.514 e. The first-order valence-electron chi connectivity index (χ1n) is 6.55. The summed E-state index contributed by atoms with van der Waals surface area (Å²) in [4.78, 5) is 15.6. The second-order valence-corrected chi connectivity index (χ2v) is 5.76. The number of anilines is 1. The number of aromatic nitrogens is 1. The summed E-state index contributed by atoms with van der Waals surface area (Å²) >= 11 is 0. The topological polar surface area (TPSA) is 72.5 Å². The molecule has 7 heteroatoms. The molecule has 1 aromatic heterocycles. The third kappa shape index (κ3) is 2.78. The first-order chi connectivity index (χ1) is 9.25. The molecular weight excluding hydrogens is 257 g/mol. The third-order valence-corrected chi connectivity index (χ3v) is 3.76. The number of carbonyl (C=O) groups excluding carboxylic acids is 1. The average molecular weight is 277 g/mol. The first-order valence-corrected chi connectivity index (χ1v) is 6.55. The Labute approximate surface area is 119 Å². The van der Waals surface area contributed by atoms with E-state index in [1.54, 1.807) is 25.4 Å². The highest BCUT2D eigenvalue weighted by Gasteiger charge is 2.52. The van der Waals surface area contributed by atoms with Gasteiger partial charge in [-0.3, -0.25) is 4.98 Å². The molecule has 2 heterocycles. The minimum Gasteiger partial charge on any atom is -0.398 e. The normalized spacial score (nSPS) is 19.8. The van der Waals surface area contributed by atoms with E-state index in [1.807, 2.05) is 27.7 Å². The molecule has 2 amide bonds. The molecule has 0 aliphatic carbocycles. The zero-order chi connectivity index (χ0) is 15.0. The zero-order valence-corrected chi connectivity index (χ0v) is 12.5. The maximum absolute atomic E-state index is 11.3. The van der Waals surface area contributed by atoms with Gasteiger partial charge < -0.3 is 19.9 Å². The number of hydrogen-bond acceptors (Lipinski definition) is 4. The van der Waals surface area contributed by atoms with Crippen LogP contribution in [0.5, 0.6) is 0 Å². The molecule has 1 aliphatic heterocycles. The van der Waals surface area contributed by atoms with Crippen LogP contribution in [-0.2, 0) is 9.31 Å². The summed E-state index contributed by atoms with van der Waals surface area (Å²) in [5.41, 5.74) is 0.453. The number of amides is 2. The SMILES string of the molecule is CNC(=O)Nc1ccnc(B2OC(C)(C)C(C)(C)O2)c1. The van der Waals surface area contributed by atoms with Gasteiger partial charge in [0.1, 0.15) is 0 Å². The fourth-order valence-electron chi connectivity index (χ4n) is 1.81. The Hall–Kier alpha value is -1.60. The Bertz CT molecular complexity index is 503. The number of nitrogens with zero attached hydrogens (tertiary/aromatic N) is 1. The quantitative estimate of drug-likeness (QED) is 0.795. The highest BCUT2D eigenvalue weighted by molar-refractivity contribution is 6.61. The molecule has 2 N–H and O–H groups in total. The molecule has 0 unspecified atom stereocenters. The summed E-state index contributed by atoms with van der Waals surface area (Å²) in [7, 11) is 1.03. The summed E-state index contributed by atoms with van der Waals surface area (Å²) in [6, 6.07) is 3.18. The van der Waals surface area contributed by atoms with Gasteiger partial charge in [0.2, 0.25) is 0 Å². The molecule has 0 spiro atoms. The molecule has 0 saturated carbocycles. The van der Waals surface area contributed by atoms with Gasteiger partial charge in [0.25, 0.3) is 0 Å². The van der Waals surface area contributed by atoms with Crippen molar-refractivity contribution < 1.29 is 14.1 Å². The van der Waals surface area contributed by atoms with Gasteiger partial charge >= 0.3 is 13.1 Å². The minimum absolute atomic E-state index is 0.281. The zero-order valence-electron chi connectivity index (χ0n) is 12.5. The highest BCUT2D eigenvalue weighted by atomic mass is 16.7. The van der Waals surface area contributed by atoms with Gasteiger partial charge in [-0.1, -0.05) is 0 Å². The van der Waals surface area contributed by atoms with Crippen molar-refractivity contribution in [3.8, 4) is 0 Å². The molecule has 2 rings (SSSR count). The van der Waals surface area contributed by atoms with Gasteiger partial charge in [-0.25, -0.2) is 4.79 Å². The van der Waals surface area contributed by atoms with E-state index in [1.165, 1.54) is 0 Å². The van der Waals surface area contributed by atoms with Crippen LogP contribution in [0, 0.1) is 0 Å². The number of urea groups is 1. The maximum Gasteiger partial charge on any atom is 0.514 e. The Morgan fingerprint density at radius 1 is 1.25 bits per heavy atom. The van der Waals surface area contributed by atoms with Crippen LogP contribution >= 0.6 is 0 Å². The number of nitrogens with one attached hydrogen (secondary N) is 2. The Morgan fingerprint density at radius 2 is 1.85 bits per heavy atom. The van der Waals surface area contributed by atoms with Crippen molar-refractivity contribution in [1.29, 1.82) is 0 Å². The van der Waals surface area contributed by atoms with E-state index in [2.05, 4.69) is 15.6 Å². The summed E-state index contributed by atoms with van der Waals surface area (Å²) < 4.78 is 11.8. The predicted molar refractivity (Wildman–Crippen MR) is 78.0 cm³/mol. The highest BCUT2D eigenvalue weighted by Crippen LogP contribution is 2.36. The van der Waals surface area contributed by atoms with Gasteiger partial charge in [-0.15, -0.1) is 0 Å². The van der Waals surface area contributed by atoms with E-state index >= 15 is 0 Å². The van der Waals surface area contributed by atoms with Crippen LogP contribution in [0.1, 0.15) is 27.7 Å². The summed E-state index contributed by atoms with van der Waals surface area (Å²) in [5.74, 6) is 0. The van der Waals surface area contributed by atoms with E-state index in [-0.39, 0.29) is 6.03 Å². The van der Waals surface area contributed by atoms with Crippen molar-refractivity contribution in [2.75, 3.05) is 12.4 Å². The van der Waals surface area contributed by atoms with Gasteiger partial charge in [0, 0.05) is 18.9 Å². The minimum atomic E-state index is -0.536. The average Bonchev–Trinajstić information content (AvgIpc) is 2.59.